The summed E-state index contributed by atoms with van der Waals surface area (Å²) in [5.41, 5.74) is 2.38. The van der Waals surface area contributed by atoms with Gasteiger partial charge in [0.05, 0.1) is 0 Å². The Kier molecular flexibility index (Phi) is 4.95. The summed E-state index contributed by atoms with van der Waals surface area (Å²) in [6.45, 7) is 14.2. The Morgan fingerprint density at radius 1 is 1.22 bits per heavy atom. The van der Waals surface area contributed by atoms with Crippen molar-refractivity contribution >= 4 is 14.1 Å². The van der Waals surface area contributed by atoms with E-state index in [0.29, 0.717) is 5.78 Å². The minimum atomic E-state index is -1.62. The summed E-state index contributed by atoms with van der Waals surface area (Å²) in [6.07, 6.45) is 3.58. The molecule has 0 spiro atoms. The predicted molar refractivity (Wildman–Crippen MR) is 79.3 cm³/mol. The summed E-state index contributed by atoms with van der Waals surface area (Å²) in [4.78, 5) is 11.6. The SMILES string of the molecule is CC1=C(CCCO[Si](C)(C)C(C)(C)C)C(=O)CC1. The highest BCUT2D eigenvalue weighted by Crippen LogP contribution is 2.36. The van der Waals surface area contributed by atoms with Gasteiger partial charge in [0.25, 0.3) is 0 Å². The average molecular weight is 268 g/mol. The van der Waals surface area contributed by atoms with E-state index >= 15 is 0 Å². The molecule has 2 nitrogen and oxygen atoms in total. The molecule has 0 heterocycles. The van der Waals surface area contributed by atoms with Crippen LogP contribution in [-0.2, 0) is 9.22 Å². The van der Waals surface area contributed by atoms with Crippen LogP contribution in [0.3, 0.4) is 0 Å². The lowest BCUT2D eigenvalue weighted by molar-refractivity contribution is -0.115. The van der Waals surface area contributed by atoms with Crippen LogP contribution in [0.25, 0.3) is 0 Å². The zero-order valence-corrected chi connectivity index (χ0v) is 13.9. The zero-order valence-electron chi connectivity index (χ0n) is 12.9. The van der Waals surface area contributed by atoms with Gasteiger partial charge in [0.2, 0.25) is 0 Å². The minimum Gasteiger partial charge on any atom is -0.417 e. The van der Waals surface area contributed by atoms with Crippen molar-refractivity contribution in [3.05, 3.63) is 11.1 Å². The van der Waals surface area contributed by atoms with Gasteiger partial charge in [0.15, 0.2) is 14.1 Å². The average Bonchev–Trinajstić information content (AvgIpc) is 2.53. The molecular formula is C15H28O2Si. The van der Waals surface area contributed by atoms with Crippen LogP contribution in [0.4, 0.5) is 0 Å². The smallest absolute Gasteiger partial charge is 0.191 e. The number of carbonyl (C=O) groups is 1. The van der Waals surface area contributed by atoms with Gasteiger partial charge in [-0.1, -0.05) is 26.3 Å². The molecule has 0 atom stereocenters. The van der Waals surface area contributed by atoms with E-state index in [1.807, 2.05) is 0 Å². The first kappa shape index (κ1) is 15.6. The van der Waals surface area contributed by atoms with Gasteiger partial charge in [-0.15, -0.1) is 0 Å². The van der Waals surface area contributed by atoms with Gasteiger partial charge in [-0.3, -0.25) is 4.79 Å². The molecule has 1 rings (SSSR count). The first-order chi connectivity index (χ1) is 8.15. The lowest BCUT2D eigenvalue weighted by Gasteiger charge is -2.36. The molecular weight excluding hydrogens is 240 g/mol. The fourth-order valence-corrected chi connectivity index (χ4v) is 3.07. The molecule has 0 radical (unpaired) electrons. The molecule has 1 aliphatic carbocycles. The summed E-state index contributed by atoms with van der Waals surface area (Å²) in [7, 11) is -1.62. The third-order valence-electron chi connectivity index (χ3n) is 4.42. The topological polar surface area (TPSA) is 26.3 Å². The van der Waals surface area contributed by atoms with Crippen molar-refractivity contribution in [3.63, 3.8) is 0 Å². The van der Waals surface area contributed by atoms with Gasteiger partial charge in [-0.05, 0) is 49.9 Å². The van der Waals surface area contributed by atoms with Crippen LogP contribution < -0.4 is 0 Å². The summed E-state index contributed by atoms with van der Waals surface area (Å²) in [6, 6.07) is 0. The Labute approximate surface area is 113 Å². The first-order valence-corrected chi connectivity index (χ1v) is 9.92. The van der Waals surface area contributed by atoms with Crippen LogP contribution >= 0.6 is 0 Å². The third-order valence-corrected chi connectivity index (χ3v) is 8.96. The van der Waals surface area contributed by atoms with Crippen molar-refractivity contribution < 1.29 is 9.22 Å². The largest absolute Gasteiger partial charge is 0.417 e. The molecule has 0 aromatic carbocycles. The van der Waals surface area contributed by atoms with Gasteiger partial charge in [0.1, 0.15) is 0 Å². The zero-order chi connectivity index (χ0) is 14.0. The lowest BCUT2D eigenvalue weighted by Crippen LogP contribution is -2.40. The molecule has 1 aliphatic rings. The van der Waals surface area contributed by atoms with E-state index in [1.54, 1.807) is 0 Å². The highest BCUT2D eigenvalue weighted by molar-refractivity contribution is 6.74. The summed E-state index contributed by atoms with van der Waals surface area (Å²) < 4.78 is 6.13. The van der Waals surface area contributed by atoms with E-state index in [0.717, 1.165) is 37.9 Å². The van der Waals surface area contributed by atoms with Crippen LogP contribution in [0.15, 0.2) is 11.1 Å². The van der Waals surface area contributed by atoms with Gasteiger partial charge in [0, 0.05) is 13.0 Å². The van der Waals surface area contributed by atoms with Crippen molar-refractivity contribution in [3.8, 4) is 0 Å². The fourth-order valence-electron chi connectivity index (χ4n) is 1.99. The Morgan fingerprint density at radius 3 is 2.28 bits per heavy atom. The minimum absolute atomic E-state index is 0.269. The standard InChI is InChI=1S/C15H28O2Si/c1-12-9-10-14(16)13(12)8-7-11-17-18(5,6)15(2,3)4/h7-11H2,1-6H3. The van der Waals surface area contributed by atoms with Crippen LogP contribution in [0, 0.1) is 0 Å². The van der Waals surface area contributed by atoms with E-state index < -0.39 is 8.32 Å². The maximum atomic E-state index is 11.6. The summed E-state index contributed by atoms with van der Waals surface area (Å²) in [5, 5.41) is 0.269. The van der Waals surface area contributed by atoms with Crippen LogP contribution in [-0.4, -0.2) is 20.7 Å². The quantitative estimate of drug-likeness (QED) is 0.543. The van der Waals surface area contributed by atoms with E-state index in [4.69, 9.17) is 4.43 Å². The van der Waals surface area contributed by atoms with Gasteiger partial charge < -0.3 is 4.43 Å². The van der Waals surface area contributed by atoms with Crippen LogP contribution in [0.2, 0.25) is 18.1 Å². The molecule has 0 aromatic heterocycles. The third kappa shape index (κ3) is 3.79. The number of hydrogen-bond donors (Lipinski definition) is 0. The number of ketones is 1. The lowest BCUT2D eigenvalue weighted by atomic mass is 10.1. The van der Waals surface area contributed by atoms with Gasteiger partial charge >= 0.3 is 0 Å². The van der Waals surface area contributed by atoms with E-state index in [2.05, 4.69) is 40.8 Å². The molecule has 0 amide bonds. The number of Topliss-reactive ketones (excluding diaryl/α,β-unsaturated/α-hetero) is 1. The molecule has 0 saturated heterocycles. The van der Waals surface area contributed by atoms with E-state index in [-0.39, 0.29) is 5.04 Å². The number of allylic oxidation sites excluding steroid dienone is 2. The second-order valence-electron chi connectivity index (χ2n) is 6.89. The van der Waals surface area contributed by atoms with Crippen LogP contribution in [0.5, 0.6) is 0 Å². The van der Waals surface area contributed by atoms with E-state index in [1.165, 1.54) is 5.57 Å². The maximum absolute atomic E-state index is 11.6. The van der Waals surface area contributed by atoms with Crippen molar-refractivity contribution in [2.75, 3.05) is 6.61 Å². The summed E-state index contributed by atoms with van der Waals surface area (Å²) >= 11 is 0. The molecule has 0 bridgehead atoms. The highest BCUT2D eigenvalue weighted by Gasteiger charge is 2.36. The molecule has 0 fully saturated rings. The van der Waals surface area contributed by atoms with Crippen LogP contribution in [0.1, 0.15) is 53.4 Å². The molecule has 104 valence electrons. The molecule has 0 saturated carbocycles. The van der Waals surface area contributed by atoms with Crippen molar-refractivity contribution in [1.29, 1.82) is 0 Å². The fraction of sp³-hybridized carbons (Fsp3) is 0.800. The highest BCUT2D eigenvalue weighted by atomic mass is 28.4. The number of rotatable bonds is 5. The van der Waals surface area contributed by atoms with Gasteiger partial charge in [-0.2, -0.15) is 0 Å². The van der Waals surface area contributed by atoms with E-state index in [9.17, 15) is 4.79 Å². The molecule has 18 heavy (non-hydrogen) atoms. The monoisotopic (exact) mass is 268 g/mol. The Morgan fingerprint density at radius 2 is 1.83 bits per heavy atom. The maximum Gasteiger partial charge on any atom is 0.191 e. The molecule has 0 N–H and O–H groups in total. The molecule has 3 heteroatoms. The second-order valence-corrected chi connectivity index (χ2v) is 11.7. The number of hydrogen-bond acceptors (Lipinski definition) is 2. The van der Waals surface area contributed by atoms with Gasteiger partial charge in [-0.25, -0.2) is 0 Å². The van der Waals surface area contributed by atoms with Crippen molar-refractivity contribution in [2.24, 2.45) is 0 Å². The Balaban J connectivity index is 2.36. The first-order valence-electron chi connectivity index (χ1n) is 7.01. The summed E-state index contributed by atoms with van der Waals surface area (Å²) in [5.74, 6) is 0.361. The molecule has 0 aromatic rings. The normalized spacial score (nSPS) is 17.8. The Bertz CT molecular complexity index is 348. The predicted octanol–water partition coefficient (Wildman–Crippen LogP) is 4.47. The second kappa shape index (κ2) is 5.70. The number of carbonyl (C=O) groups excluding carboxylic acids is 1. The molecule has 0 aliphatic heterocycles. The van der Waals surface area contributed by atoms with Crippen molar-refractivity contribution in [1.82, 2.24) is 0 Å². The molecule has 0 unspecified atom stereocenters. The van der Waals surface area contributed by atoms with Crippen molar-refractivity contribution in [2.45, 2.75) is 71.5 Å². The Hall–Kier alpha value is -0.413.